The second-order valence-electron chi connectivity index (χ2n) is 6.52. The monoisotopic (exact) mass is 206 g/mol. The van der Waals surface area contributed by atoms with Crippen LogP contribution in [0, 0.1) is 0 Å². The molecule has 1 heterocycles. The van der Waals surface area contributed by atoms with Crippen LogP contribution in [0.2, 0.25) is 0 Å². The van der Waals surface area contributed by atoms with E-state index in [2.05, 4.69) is 41.5 Å². The SMILES string of the molecule is CC(C)(C)P1(F)(C(C)(C)C)CCC1. The predicted octanol–water partition coefficient (Wildman–Crippen LogP) is 4.42. The third-order valence-electron chi connectivity index (χ3n) is 4.32. The van der Waals surface area contributed by atoms with E-state index in [4.69, 9.17) is 0 Å². The molecule has 1 aliphatic heterocycles. The molecule has 0 aromatic rings. The minimum absolute atomic E-state index is 0.123. The molecule has 13 heavy (non-hydrogen) atoms. The van der Waals surface area contributed by atoms with Crippen LogP contribution >= 0.6 is 6.91 Å². The van der Waals surface area contributed by atoms with Gasteiger partial charge in [-0.3, -0.25) is 0 Å². The molecular weight excluding hydrogens is 182 g/mol. The number of hydrogen-bond acceptors (Lipinski definition) is 0. The molecule has 1 aliphatic rings. The van der Waals surface area contributed by atoms with Crippen molar-refractivity contribution in [2.24, 2.45) is 0 Å². The number of rotatable bonds is 0. The summed E-state index contributed by atoms with van der Waals surface area (Å²) in [5, 5.41) is -0.246. The molecule has 1 fully saturated rings. The number of hydrogen-bond donors (Lipinski definition) is 0. The summed E-state index contributed by atoms with van der Waals surface area (Å²) < 4.78 is 15.4. The van der Waals surface area contributed by atoms with Gasteiger partial charge in [0, 0.05) is 0 Å². The van der Waals surface area contributed by atoms with Crippen LogP contribution in [0.25, 0.3) is 0 Å². The van der Waals surface area contributed by atoms with Crippen molar-refractivity contribution >= 4 is 6.91 Å². The van der Waals surface area contributed by atoms with Gasteiger partial charge in [0.1, 0.15) is 0 Å². The Balaban J connectivity index is 3.19. The molecule has 0 bridgehead atoms. The molecule has 0 spiro atoms. The van der Waals surface area contributed by atoms with Crippen molar-refractivity contribution in [2.45, 2.75) is 58.3 Å². The Bertz CT molecular complexity index is 197. The molecule has 0 unspecified atom stereocenters. The fraction of sp³-hybridized carbons (Fsp3) is 1.00. The molecule has 0 aliphatic carbocycles. The van der Waals surface area contributed by atoms with E-state index in [1.165, 1.54) is 0 Å². The van der Waals surface area contributed by atoms with E-state index in [-0.39, 0.29) is 10.3 Å². The average Bonchev–Trinajstić information content (AvgIpc) is 1.76. The molecule has 1 rings (SSSR count). The summed E-state index contributed by atoms with van der Waals surface area (Å²) in [6.45, 7) is 9.63. The first-order chi connectivity index (χ1) is 5.53. The molecule has 0 nitrogen and oxygen atoms in total. The van der Waals surface area contributed by atoms with Crippen molar-refractivity contribution in [2.75, 3.05) is 12.3 Å². The summed E-state index contributed by atoms with van der Waals surface area (Å²) >= 11 is 0. The Labute approximate surface area is 82.3 Å². The topological polar surface area (TPSA) is 0 Å². The van der Waals surface area contributed by atoms with E-state index >= 15 is 4.20 Å². The quantitative estimate of drug-likeness (QED) is 0.514. The second kappa shape index (κ2) is 2.48. The average molecular weight is 206 g/mol. The van der Waals surface area contributed by atoms with Crippen LogP contribution in [0.1, 0.15) is 48.0 Å². The Morgan fingerprint density at radius 2 is 1.15 bits per heavy atom. The Morgan fingerprint density at radius 1 is 0.846 bits per heavy atom. The van der Waals surface area contributed by atoms with Gasteiger partial charge in [-0.2, -0.15) is 0 Å². The van der Waals surface area contributed by atoms with E-state index < -0.39 is 6.91 Å². The Hall–Kier alpha value is 0.360. The zero-order valence-electron chi connectivity index (χ0n) is 9.95. The summed E-state index contributed by atoms with van der Waals surface area (Å²) in [4.78, 5) is 0. The minimum atomic E-state index is -2.92. The van der Waals surface area contributed by atoms with Crippen molar-refractivity contribution in [1.82, 2.24) is 0 Å². The molecule has 1 saturated heterocycles. The van der Waals surface area contributed by atoms with Gasteiger partial charge in [-0.05, 0) is 0 Å². The van der Waals surface area contributed by atoms with Crippen LogP contribution in [0.3, 0.4) is 0 Å². The van der Waals surface area contributed by atoms with E-state index in [9.17, 15) is 0 Å². The van der Waals surface area contributed by atoms with Gasteiger partial charge in [0.2, 0.25) is 0 Å². The first-order valence-corrected chi connectivity index (χ1v) is 7.75. The van der Waals surface area contributed by atoms with E-state index in [0.717, 1.165) is 18.7 Å². The van der Waals surface area contributed by atoms with Gasteiger partial charge in [0.05, 0.1) is 0 Å². The molecule has 0 N–H and O–H groups in total. The molecule has 0 radical (unpaired) electrons. The standard InChI is InChI=1S/C11H24FP/c1-10(2,3)13(12,8-7-9-13)11(4,5)6/h7-9H2,1-6H3. The summed E-state index contributed by atoms with van der Waals surface area (Å²) in [6.07, 6.45) is 2.82. The first kappa shape index (κ1) is 11.4. The van der Waals surface area contributed by atoms with E-state index in [0.29, 0.717) is 0 Å². The molecule has 80 valence electrons. The molecular formula is C11H24FP. The third-order valence-corrected chi connectivity index (χ3v) is 13.0. The summed E-state index contributed by atoms with van der Waals surface area (Å²) in [6, 6.07) is 0. The van der Waals surface area contributed by atoms with Crippen LogP contribution in [0.5, 0.6) is 0 Å². The van der Waals surface area contributed by atoms with Crippen molar-refractivity contribution in [3.05, 3.63) is 0 Å². The third kappa shape index (κ3) is 1.12. The van der Waals surface area contributed by atoms with Crippen molar-refractivity contribution in [1.29, 1.82) is 0 Å². The fourth-order valence-corrected chi connectivity index (χ4v) is 8.83. The van der Waals surface area contributed by atoms with E-state index in [1.807, 2.05) is 0 Å². The van der Waals surface area contributed by atoms with Gasteiger partial charge < -0.3 is 0 Å². The van der Waals surface area contributed by atoms with Crippen molar-refractivity contribution in [3.8, 4) is 0 Å². The Kier molecular flexibility index (Phi) is 2.18. The van der Waals surface area contributed by atoms with Crippen LogP contribution < -0.4 is 0 Å². The molecule has 0 atom stereocenters. The summed E-state index contributed by atoms with van der Waals surface area (Å²) in [5.74, 6) is 0. The Morgan fingerprint density at radius 3 is 1.15 bits per heavy atom. The zero-order chi connectivity index (χ0) is 10.6. The summed E-state index contributed by atoms with van der Waals surface area (Å²) in [5.41, 5.74) is 0. The predicted molar refractivity (Wildman–Crippen MR) is 61.9 cm³/mol. The van der Waals surface area contributed by atoms with Gasteiger partial charge in [-0.25, -0.2) is 0 Å². The van der Waals surface area contributed by atoms with Crippen molar-refractivity contribution < 1.29 is 4.20 Å². The normalized spacial score (nSPS) is 29.9. The molecule has 0 aromatic carbocycles. The van der Waals surface area contributed by atoms with Crippen LogP contribution in [0.15, 0.2) is 0 Å². The van der Waals surface area contributed by atoms with Gasteiger partial charge in [0.25, 0.3) is 0 Å². The molecule has 0 amide bonds. The zero-order valence-corrected chi connectivity index (χ0v) is 10.8. The number of halogens is 1. The van der Waals surface area contributed by atoms with Gasteiger partial charge >= 0.3 is 81.7 Å². The first-order valence-electron chi connectivity index (χ1n) is 5.25. The summed E-state index contributed by atoms with van der Waals surface area (Å²) in [7, 11) is 0. The van der Waals surface area contributed by atoms with E-state index in [1.54, 1.807) is 0 Å². The van der Waals surface area contributed by atoms with Crippen LogP contribution in [0.4, 0.5) is 4.20 Å². The molecule has 0 aromatic heterocycles. The van der Waals surface area contributed by atoms with Gasteiger partial charge in [-0.15, -0.1) is 0 Å². The van der Waals surface area contributed by atoms with Crippen LogP contribution in [-0.4, -0.2) is 22.6 Å². The van der Waals surface area contributed by atoms with Gasteiger partial charge in [-0.1, -0.05) is 0 Å². The maximum atomic E-state index is 15.4. The van der Waals surface area contributed by atoms with Gasteiger partial charge in [0.15, 0.2) is 0 Å². The molecule has 2 heteroatoms. The van der Waals surface area contributed by atoms with Crippen molar-refractivity contribution in [3.63, 3.8) is 0 Å². The maximum absolute atomic E-state index is 15.4. The second-order valence-corrected chi connectivity index (χ2v) is 12.8. The fourth-order valence-electron chi connectivity index (χ4n) is 2.94. The molecule has 0 saturated carbocycles. The van der Waals surface area contributed by atoms with Crippen LogP contribution in [-0.2, 0) is 0 Å².